The molecule has 33 heavy (non-hydrogen) atoms. The molecule has 0 saturated heterocycles. The van der Waals surface area contributed by atoms with E-state index in [0.717, 1.165) is 37.1 Å². The molecule has 0 atom stereocenters. The minimum absolute atomic E-state index is 0.144. The second-order valence-corrected chi connectivity index (χ2v) is 8.58. The average Bonchev–Trinajstić information content (AvgIpc) is 2.83. The fourth-order valence-corrected chi connectivity index (χ4v) is 4.09. The molecule has 1 fully saturated rings. The van der Waals surface area contributed by atoms with Crippen LogP contribution in [0.25, 0.3) is 10.9 Å². The summed E-state index contributed by atoms with van der Waals surface area (Å²) in [5, 5.41) is 5.10. The summed E-state index contributed by atoms with van der Waals surface area (Å²) in [4.78, 5) is 29.7. The van der Waals surface area contributed by atoms with Crippen molar-refractivity contribution >= 4 is 23.1 Å². The fraction of sp³-hybridized carbons (Fsp3) is 0.385. The van der Waals surface area contributed by atoms with Crippen LogP contribution >= 0.6 is 0 Å². The van der Waals surface area contributed by atoms with Gasteiger partial charge in [-0.3, -0.25) is 4.79 Å². The van der Waals surface area contributed by atoms with Crippen LogP contribution in [-0.4, -0.2) is 34.6 Å². The third-order valence-electron chi connectivity index (χ3n) is 5.68. The van der Waals surface area contributed by atoms with Gasteiger partial charge in [-0.15, -0.1) is 0 Å². The first-order valence-electron chi connectivity index (χ1n) is 11.5. The fourth-order valence-electron chi connectivity index (χ4n) is 4.09. The maximum atomic E-state index is 13.2. The van der Waals surface area contributed by atoms with Crippen LogP contribution in [0.1, 0.15) is 63.3 Å². The molecule has 2 aromatic carbocycles. The Labute approximate surface area is 193 Å². The Balaban J connectivity index is 1.56. The molecule has 4 rings (SSSR count). The molecule has 1 saturated carbocycles. The summed E-state index contributed by atoms with van der Waals surface area (Å²) < 4.78 is 12.0. The van der Waals surface area contributed by atoms with Gasteiger partial charge in [-0.05, 0) is 68.7 Å². The highest BCUT2D eigenvalue weighted by Crippen LogP contribution is 2.31. The summed E-state index contributed by atoms with van der Waals surface area (Å²) >= 11 is 0. The summed E-state index contributed by atoms with van der Waals surface area (Å²) in [7, 11) is 0. The minimum atomic E-state index is -0.408. The van der Waals surface area contributed by atoms with Crippen LogP contribution in [0.3, 0.4) is 0 Å². The molecule has 7 heteroatoms. The Kier molecular flexibility index (Phi) is 7.17. The molecule has 0 unspecified atom stereocenters. The number of hydrogen-bond donors (Lipinski definition) is 0. The van der Waals surface area contributed by atoms with E-state index >= 15 is 0 Å². The zero-order valence-electron chi connectivity index (χ0n) is 19.1. The van der Waals surface area contributed by atoms with Gasteiger partial charge in [-0.1, -0.05) is 31.4 Å². The van der Waals surface area contributed by atoms with Crippen LogP contribution in [-0.2, 0) is 9.53 Å². The summed E-state index contributed by atoms with van der Waals surface area (Å²) in [5.41, 5.74) is 1.37. The molecule has 7 nitrogen and oxygen atoms in total. The lowest BCUT2D eigenvalue weighted by molar-refractivity contribution is -0.149. The molecule has 3 aromatic rings. The Hall–Kier alpha value is -3.48. The van der Waals surface area contributed by atoms with Crippen LogP contribution in [0.4, 0.5) is 0 Å². The van der Waals surface area contributed by atoms with Crippen LogP contribution < -0.4 is 10.3 Å². The van der Waals surface area contributed by atoms with Gasteiger partial charge in [-0.25, -0.2) is 9.78 Å². The largest absolute Gasteiger partial charge is 0.482 e. The van der Waals surface area contributed by atoms with Crippen molar-refractivity contribution in [3.05, 3.63) is 70.3 Å². The van der Waals surface area contributed by atoms with E-state index in [4.69, 9.17) is 14.5 Å². The number of carbonyl (C=O) groups excluding carboxylic acids is 1. The summed E-state index contributed by atoms with van der Waals surface area (Å²) in [6.07, 6.45) is 7.03. The number of aromatic nitrogens is 2. The molecule has 0 radical (unpaired) electrons. The van der Waals surface area contributed by atoms with Gasteiger partial charge in [-0.2, -0.15) is 9.78 Å². The van der Waals surface area contributed by atoms with E-state index in [1.807, 2.05) is 30.3 Å². The molecule has 0 amide bonds. The molecule has 172 valence electrons. The van der Waals surface area contributed by atoms with Crippen molar-refractivity contribution in [3.63, 3.8) is 0 Å². The zero-order valence-corrected chi connectivity index (χ0v) is 19.1. The number of rotatable bonds is 7. The van der Waals surface area contributed by atoms with Crippen LogP contribution in [0, 0.1) is 0 Å². The van der Waals surface area contributed by atoms with Crippen LogP contribution in [0.15, 0.2) is 58.4 Å². The van der Waals surface area contributed by atoms with E-state index in [0.29, 0.717) is 16.7 Å². The minimum Gasteiger partial charge on any atom is -0.482 e. The standard InChI is InChI=1S/C26H29N3O4/c1-18(2)33-24(30)17-32-21-14-12-19(13-15-21)16-27-29-25(20-8-4-3-5-9-20)28-23-11-7-6-10-22(23)26(29)31/h6-7,10-16,18,20H,3-5,8-9,17H2,1-2H3. The molecule has 0 bridgehead atoms. The first-order valence-corrected chi connectivity index (χ1v) is 11.5. The molecular formula is C26H29N3O4. The van der Waals surface area contributed by atoms with Crippen LogP contribution in [0.5, 0.6) is 5.75 Å². The molecule has 0 N–H and O–H groups in total. The summed E-state index contributed by atoms with van der Waals surface area (Å²) in [5.74, 6) is 1.11. The van der Waals surface area contributed by atoms with Crippen molar-refractivity contribution in [1.29, 1.82) is 0 Å². The van der Waals surface area contributed by atoms with E-state index in [1.165, 1.54) is 11.1 Å². The molecule has 1 aliphatic rings. The predicted octanol–water partition coefficient (Wildman–Crippen LogP) is 4.66. The number of carbonyl (C=O) groups is 1. The monoisotopic (exact) mass is 447 g/mol. The van der Waals surface area contributed by atoms with Crippen molar-refractivity contribution in [1.82, 2.24) is 9.66 Å². The van der Waals surface area contributed by atoms with Gasteiger partial charge in [0.05, 0.1) is 23.2 Å². The average molecular weight is 448 g/mol. The molecule has 0 spiro atoms. The zero-order chi connectivity index (χ0) is 23.2. The molecule has 1 aliphatic carbocycles. The SMILES string of the molecule is CC(C)OC(=O)COc1ccc(C=Nn2c(C3CCCCC3)nc3ccccc3c2=O)cc1. The first-order chi connectivity index (χ1) is 16.0. The Morgan fingerprint density at radius 1 is 1.12 bits per heavy atom. The van der Waals surface area contributed by atoms with E-state index < -0.39 is 5.97 Å². The number of benzene rings is 2. The number of para-hydroxylation sites is 1. The summed E-state index contributed by atoms with van der Waals surface area (Å²) in [6.45, 7) is 3.44. The lowest BCUT2D eigenvalue weighted by atomic mass is 9.88. The van der Waals surface area contributed by atoms with Gasteiger partial charge < -0.3 is 9.47 Å². The topological polar surface area (TPSA) is 82.8 Å². The van der Waals surface area contributed by atoms with Crippen molar-refractivity contribution in [2.24, 2.45) is 5.10 Å². The molecule has 1 heterocycles. The highest BCUT2D eigenvalue weighted by molar-refractivity contribution is 5.80. The number of fused-ring (bicyclic) bond motifs is 1. The predicted molar refractivity (Wildman–Crippen MR) is 128 cm³/mol. The van der Waals surface area contributed by atoms with Gasteiger partial charge in [0.2, 0.25) is 0 Å². The van der Waals surface area contributed by atoms with Gasteiger partial charge >= 0.3 is 5.97 Å². The van der Waals surface area contributed by atoms with Crippen molar-refractivity contribution in [2.75, 3.05) is 6.61 Å². The van der Waals surface area contributed by atoms with E-state index in [9.17, 15) is 9.59 Å². The van der Waals surface area contributed by atoms with E-state index in [2.05, 4.69) is 5.10 Å². The van der Waals surface area contributed by atoms with Gasteiger partial charge in [0, 0.05) is 5.92 Å². The second-order valence-electron chi connectivity index (χ2n) is 8.58. The highest BCUT2D eigenvalue weighted by atomic mass is 16.6. The van der Waals surface area contributed by atoms with Crippen molar-refractivity contribution < 1.29 is 14.3 Å². The normalized spacial score (nSPS) is 14.8. The second kappa shape index (κ2) is 10.4. The maximum Gasteiger partial charge on any atom is 0.344 e. The molecular weight excluding hydrogens is 418 g/mol. The number of nitrogens with zero attached hydrogens (tertiary/aromatic N) is 3. The maximum absolute atomic E-state index is 13.2. The van der Waals surface area contributed by atoms with Crippen molar-refractivity contribution in [3.8, 4) is 5.75 Å². The lowest BCUT2D eigenvalue weighted by Gasteiger charge is -2.22. The Bertz CT molecular complexity index is 1190. The molecule has 0 aliphatic heterocycles. The quantitative estimate of drug-likeness (QED) is 0.389. The Morgan fingerprint density at radius 2 is 1.85 bits per heavy atom. The first kappa shape index (κ1) is 22.7. The number of ether oxygens (including phenoxy) is 2. The number of hydrogen-bond acceptors (Lipinski definition) is 6. The summed E-state index contributed by atoms with van der Waals surface area (Å²) in [6, 6.07) is 14.6. The van der Waals surface area contributed by atoms with Gasteiger partial charge in [0.15, 0.2) is 6.61 Å². The van der Waals surface area contributed by atoms with E-state index in [1.54, 1.807) is 38.3 Å². The lowest BCUT2D eigenvalue weighted by Crippen LogP contribution is -2.25. The third kappa shape index (κ3) is 5.66. The number of esters is 1. The van der Waals surface area contributed by atoms with E-state index in [-0.39, 0.29) is 24.2 Å². The van der Waals surface area contributed by atoms with Crippen molar-refractivity contribution in [2.45, 2.75) is 58.0 Å². The Morgan fingerprint density at radius 3 is 2.58 bits per heavy atom. The molecule has 1 aromatic heterocycles. The third-order valence-corrected chi connectivity index (χ3v) is 5.68. The van der Waals surface area contributed by atoms with Gasteiger partial charge in [0.25, 0.3) is 5.56 Å². The van der Waals surface area contributed by atoms with Crippen LogP contribution in [0.2, 0.25) is 0 Å². The smallest absolute Gasteiger partial charge is 0.344 e. The van der Waals surface area contributed by atoms with Gasteiger partial charge in [0.1, 0.15) is 11.6 Å². The highest BCUT2D eigenvalue weighted by Gasteiger charge is 2.22.